The molecule has 3 rings (SSSR count). The van der Waals surface area contributed by atoms with Crippen LogP contribution in [-0.2, 0) is 11.3 Å². The quantitative estimate of drug-likeness (QED) is 0.524. The van der Waals surface area contributed by atoms with E-state index in [9.17, 15) is 9.18 Å². The molecule has 2 aromatic heterocycles. The van der Waals surface area contributed by atoms with E-state index < -0.39 is 11.9 Å². The van der Waals surface area contributed by atoms with Gasteiger partial charge in [-0.15, -0.1) is 10.2 Å². The molecule has 0 fully saturated rings. The fourth-order valence-corrected chi connectivity index (χ4v) is 3.06. The Morgan fingerprint density at radius 3 is 2.75 bits per heavy atom. The standard InChI is InChI=1S/C19H20FN3O4S/c1-12-8-9-14(25-12)10-23(3)17(24)11-28-19-22-21-18(27-19)13(2)26-16-7-5-4-6-15(16)20/h4-9,13H,10-11H2,1-3H3. The van der Waals surface area contributed by atoms with Crippen molar-refractivity contribution in [2.45, 2.75) is 31.7 Å². The number of carbonyl (C=O) groups excluding carboxylic acids is 1. The third-order valence-electron chi connectivity index (χ3n) is 3.84. The molecule has 1 unspecified atom stereocenters. The lowest BCUT2D eigenvalue weighted by Gasteiger charge is -2.14. The minimum Gasteiger partial charge on any atom is -0.478 e. The van der Waals surface area contributed by atoms with Gasteiger partial charge in [-0.3, -0.25) is 4.79 Å². The second-order valence-corrected chi connectivity index (χ2v) is 7.07. The first-order chi connectivity index (χ1) is 13.4. The van der Waals surface area contributed by atoms with Crippen LogP contribution >= 0.6 is 11.8 Å². The van der Waals surface area contributed by atoms with Gasteiger partial charge in [0.05, 0.1) is 12.3 Å². The molecule has 0 aliphatic heterocycles. The number of benzene rings is 1. The van der Waals surface area contributed by atoms with Gasteiger partial charge in [-0.25, -0.2) is 4.39 Å². The van der Waals surface area contributed by atoms with Gasteiger partial charge in [0.1, 0.15) is 11.5 Å². The molecule has 0 spiro atoms. The monoisotopic (exact) mass is 405 g/mol. The third kappa shape index (κ3) is 5.13. The Labute approximate surface area is 165 Å². The summed E-state index contributed by atoms with van der Waals surface area (Å²) in [7, 11) is 1.70. The Kier molecular flexibility index (Phi) is 6.35. The van der Waals surface area contributed by atoms with Gasteiger partial charge >= 0.3 is 0 Å². The maximum atomic E-state index is 13.7. The number of nitrogens with zero attached hydrogens (tertiary/aromatic N) is 3. The lowest BCUT2D eigenvalue weighted by Crippen LogP contribution is -2.27. The molecule has 0 saturated carbocycles. The summed E-state index contributed by atoms with van der Waals surface area (Å²) in [6.45, 7) is 3.92. The van der Waals surface area contributed by atoms with E-state index in [1.165, 1.54) is 12.1 Å². The molecule has 0 aliphatic carbocycles. The van der Waals surface area contributed by atoms with Crippen molar-refractivity contribution in [1.82, 2.24) is 15.1 Å². The molecule has 1 aromatic carbocycles. The minimum absolute atomic E-state index is 0.102. The van der Waals surface area contributed by atoms with Gasteiger partial charge in [0.2, 0.25) is 5.91 Å². The van der Waals surface area contributed by atoms with Crippen LogP contribution in [0.1, 0.15) is 30.4 Å². The number of hydrogen-bond acceptors (Lipinski definition) is 7. The number of amides is 1. The molecule has 0 N–H and O–H groups in total. The largest absolute Gasteiger partial charge is 0.478 e. The molecule has 148 valence electrons. The molecule has 0 aliphatic rings. The van der Waals surface area contributed by atoms with E-state index >= 15 is 0 Å². The number of carbonyl (C=O) groups is 1. The van der Waals surface area contributed by atoms with Crippen molar-refractivity contribution in [2.24, 2.45) is 0 Å². The van der Waals surface area contributed by atoms with Crippen LogP contribution in [0.2, 0.25) is 0 Å². The van der Waals surface area contributed by atoms with E-state index in [0.29, 0.717) is 6.54 Å². The van der Waals surface area contributed by atoms with Crippen LogP contribution in [0.3, 0.4) is 0 Å². The zero-order chi connectivity index (χ0) is 20.1. The highest BCUT2D eigenvalue weighted by molar-refractivity contribution is 7.99. The van der Waals surface area contributed by atoms with E-state index in [2.05, 4.69) is 10.2 Å². The first-order valence-corrected chi connectivity index (χ1v) is 9.57. The van der Waals surface area contributed by atoms with Crippen LogP contribution in [0, 0.1) is 12.7 Å². The number of thioether (sulfide) groups is 1. The summed E-state index contributed by atoms with van der Waals surface area (Å²) in [4.78, 5) is 13.8. The highest BCUT2D eigenvalue weighted by Gasteiger charge is 2.19. The van der Waals surface area contributed by atoms with Gasteiger partial charge in [-0.2, -0.15) is 0 Å². The number of para-hydroxylation sites is 1. The van der Waals surface area contributed by atoms with Crippen molar-refractivity contribution >= 4 is 17.7 Å². The lowest BCUT2D eigenvalue weighted by atomic mass is 10.3. The summed E-state index contributed by atoms with van der Waals surface area (Å²) in [5.41, 5.74) is 0. The molecular weight excluding hydrogens is 385 g/mol. The number of ether oxygens (including phenoxy) is 1. The van der Waals surface area contributed by atoms with Gasteiger partial charge in [-0.1, -0.05) is 23.9 Å². The summed E-state index contributed by atoms with van der Waals surface area (Å²) in [5.74, 6) is 1.40. The molecule has 9 heteroatoms. The first kappa shape index (κ1) is 19.9. The summed E-state index contributed by atoms with van der Waals surface area (Å²) in [6.07, 6.45) is -0.626. The fourth-order valence-electron chi connectivity index (χ4n) is 2.35. The van der Waals surface area contributed by atoms with E-state index in [1.807, 2.05) is 19.1 Å². The molecule has 0 bridgehead atoms. The van der Waals surface area contributed by atoms with Crippen LogP contribution < -0.4 is 4.74 Å². The number of halogens is 1. The normalized spacial score (nSPS) is 12.0. The van der Waals surface area contributed by atoms with Crippen LogP contribution in [0.25, 0.3) is 0 Å². The van der Waals surface area contributed by atoms with E-state index in [1.54, 1.807) is 31.0 Å². The Morgan fingerprint density at radius 1 is 1.25 bits per heavy atom. The van der Waals surface area contributed by atoms with Gasteiger partial charge in [-0.05, 0) is 38.1 Å². The lowest BCUT2D eigenvalue weighted by molar-refractivity contribution is -0.127. The average Bonchev–Trinajstić information content (AvgIpc) is 3.30. The van der Waals surface area contributed by atoms with Crippen molar-refractivity contribution in [3.05, 3.63) is 59.6 Å². The van der Waals surface area contributed by atoms with Crippen LogP contribution in [0.4, 0.5) is 4.39 Å². The smallest absolute Gasteiger partial charge is 0.277 e. The fraction of sp³-hybridized carbons (Fsp3) is 0.316. The molecule has 7 nitrogen and oxygen atoms in total. The Balaban J connectivity index is 1.51. The molecule has 1 amide bonds. The topological polar surface area (TPSA) is 81.6 Å². The number of aromatic nitrogens is 2. The summed E-state index contributed by atoms with van der Waals surface area (Å²) < 4.78 is 30.2. The number of rotatable bonds is 8. The van der Waals surface area contributed by atoms with Crippen molar-refractivity contribution in [1.29, 1.82) is 0 Å². The molecule has 2 heterocycles. The highest BCUT2D eigenvalue weighted by atomic mass is 32.2. The first-order valence-electron chi connectivity index (χ1n) is 8.59. The zero-order valence-electron chi connectivity index (χ0n) is 15.7. The van der Waals surface area contributed by atoms with E-state index in [-0.39, 0.29) is 28.5 Å². The van der Waals surface area contributed by atoms with Gasteiger partial charge in [0.25, 0.3) is 11.1 Å². The van der Waals surface area contributed by atoms with Gasteiger partial charge in [0.15, 0.2) is 17.7 Å². The maximum absolute atomic E-state index is 13.7. The van der Waals surface area contributed by atoms with Crippen LogP contribution in [-0.4, -0.2) is 33.8 Å². The number of hydrogen-bond donors (Lipinski definition) is 0. The Hall–Kier alpha value is -2.81. The minimum atomic E-state index is -0.626. The van der Waals surface area contributed by atoms with Gasteiger partial charge in [0, 0.05) is 7.05 Å². The number of furan rings is 1. The summed E-state index contributed by atoms with van der Waals surface area (Å²) >= 11 is 1.13. The second kappa shape index (κ2) is 8.92. The van der Waals surface area contributed by atoms with Gasteiger partial charge < -0.3 is 18.5 Å². The third-order valence-corrected chi connectivity index (χ3v) is 4.65. The summed E-state index contributed by atoms with van der Waals surface area (Å²) in [6, 6.07) is 9.78. The highest BCUT2D eigenvalue weighted by Crippen LogP contribution is 2.25. The van der Waals surface area contributed by atoms with Crippen molar-refractivity contribution < 1.29 is 22.8 Å². The van der Waals surface area contributed by atoms with Crippen molar-refractivity contribution in [3.8, 4) is 5.75 Å². The molecule has 28 heavy (non-hydrogen) atoms. The average molecular weight is 405 g/mol. The Bertz CT molecular complexity index is 943. The van der Waals surface area contributed by atoms with Crippen molar-refractivity contribution in [2.75, 3.05) is 12.8 Å². The summed E-state index contributed by atoms with van der Waals surface area (Å²) in [5, 5.41) is 8.06. The predicted molar refractivity (Wildman–Crippen MR) is 100 cm³/mol. The molecular formula is C19H20FN3O4S. The zero-order valence-corrected chi connectivity index (χ0v) is 16.5. The predicted octanol–water partition coefficient (Wildman–Crippen LogP) is 4.00. The van der Waals surface area contributed by atoms with E-state index in [4.69, 9.17) is 13.6 Å². The molecule has 0 saturated heterocycles. The second-order valence-electron chi connectivity index (χ2n) is 6.15. The van der Waals surface area contributed by atoms with Crippen LogP contribution in [0.15, 0.2) is 50.5 Å². The molecule has 3 aromatic rings. The molecule has 0 radical (unpaired) electrons. The van der Waals surface area contributed by atoms with E-state index in [0.717, 1.165) is 23.3 Å². The van der Waals surface area contributed by atoms with Crippen molar-refractivity contribution in [3.63, 3.8) is 0 Å². The molecule has 1 atom stereocenters. The number of aryl methyl sites for hydroxylation is 1. The Morgan fingerprint density at radius 2 is 2.04 bits per heavy atom. The maximum Gasteiger partial charge on any atom is 0.277 e. The van der Waals surface area contributed by atoms with Crippen LogP contribution in [0.5, 0.6) is 5.75 Å². The SMILES string of the molecule is Cc1ccc(CN(C)C(=O)CSc2nnc(C(C)Oc3ccccc3F)o2)o1.